The molecule has 0 aromatic heterocycles. The first kappa shape index (κ1) is 18.1. The van der Waals surface area contributed by atoms with Crippen LogP contribution in [0.25, 0.3) is 0 Å². The second-order valence-corrected chi connectivity index (χ2v) is 11.5. The van der Waals surface area contributed by atoms with Crippen molar-refractivity contribution in [1.82, 2.24) is 9.13 Å². The van der Waals surface area contributed by atoms with Crippen molar-refractivity contribution < 1.29 is 8.85 Å². The summed E-state index contributed by atoms with van der Waals surface area (Å²) in [7, 11) is 1.18. The minimum atomic E-state index is -2.44. The van der Waals surface area contributed by atoms with Gasteiger partial charge in [-0.3, -0.25) is 9.13 Å². The molecule has 120 valence electrons. The van der Waals surface area contributed by atoms with Crippen molar-refractivity contribution in [3.8, 4) is 0 Å². The van der Waals surface area contributed by atoms with Crippen molar-refractivity contribution in [3.05, 3.63) is 0 Å². The summed E-state index contributed by atoms with van der Waals surface area (Å²) in [6.07, 6.45) is 1.19. The molecule has 5 heteroatoms. The molecule has 1 aliphatic rings. The Kier molecular flexibility index (Phi) is 5.83. The largest absolute Gasteiger partial charge is 0.522 e. The van der Waals surface area contributed by atoms with E-state index in [1.54, 1.807) is 0 Å². The average molecular weight is 303 g/mol. The molecule has 0 N–H and O–H groups in total. The summed E-state index contributed by atoms with van der Waals surface area (Å²) < 4.78 is 17.0. The fourth-order valence-electron chi connectivity index (χ4n) is 3.04. The van der Waals surface area contributed by atoms with Gasteiger partial charge in [-0.25, -0.2) is 0 Å². The Morgan fingerprint density at radius 1 is 0.800 bits per heavy atom. The van der Waals surface area contributed by atoms with E-state index >= 15 is 0 Å². The van der Waals surface area contributed by atoms with Gasteiger partial charge < -0.3 is 8.85 Å². The maximum Gasteiger partial charge on any atom is 0.522 e. The van der Waals surface area contributed by atoms with Crippen LogP contribution in [0.5, 0.6) is 0 Å². The fourth-order valence-corrected chi connectivity index (χ4v) is 6.87. The first-order valence-corrected chi connectivity index (χ1v) is 9.35. The maximum absolute atomic E-state index is 6.01. The molecule has 1 fully saturated rings. The number of nitrogens with zero attached hydrogens (tertiary/aromatic N) is 2. The van der Waals surface area contributed by atoms with E-state index in [1.807, 2.05) is 14.2 Å². The first-order chi connectivity index (χ1) is 9.04. The number of hydrogen-bond donors (Lipinski definition) is 0. The number of rotatable bonds is 4. The van der Waals surface area contributed by atoms with Crippen molar-refractivity contribution in [2.75, 3.05) is 40.4 Å². The summed E-state index contributed by atoms with van der Waals surface area (Å²) in [5, 5.41) is 0. The van der Waals surface area contributed by atoms with Crippen molar-refractivity contribution >= 4 is 8.88 Å². The van der Waals surface area contributed by atoms with Crippen LogP contribution in [0, 0.1) is 10.8 Å². The van der Waals surface area contributed by atoms with Crippen LogP contribution in [0.4, 0.5) is 0 Å². The molecule has 1 aliphatic heterocycles. The Hall–Kier alpha value is 0.0569. The Balaban J connectivity index is 3.00. The molecule has 0 aromatic carbocycles. The minimum absolute atomic E-state index is 0.250. The van der Waals surface area contributed by atoms with Crippen LogP contribution in [0.3, 0.4) is 0 Å². The van der Waals surface area contributed by atoms with Crippen LogP contribution in [0.1, 0.15) is 48.0 Å². The van der Waals surface area contributed by atoms with Gasteiger partial charge in [-0.05, 0) is 30.3 Å². The monoisotopic (exact) mass is 302 g/mol. The quantitative estimate of drug-likeness (QED) is 0.746. The molecule has 0 aromatic rings. The topological polar surface area (TPSA) is 24.9 Å². The fraction of sp³-hybridized carbons (Fsp3) is 1.00. The van der Waals surface area contributed by atoms with Gasteiger partial charge in [0, 0.05) is 27.3 Å². The van der Waals surface area contributed by atoms with Gasteiger partial charge in [-0.2, -0.15) is 0 Å². The smallest absolute Gasteiger partial charge is 0.374 e. The normalized spacial score (nSPS) is 22.2. The van der Waals surface area contributed by atoms with Gasteiger partial charge in [-0.15, -0.1) is 0 Å². The first-order valence-electron chi connectivity index (χ1n) is 7.64. The zero-order chi connectivity index (χ0) is 15.6. The molecular formula is C15H34N2O2Si. The Labute approximate surface area is 126 Å². The molecule has 1 saturated heterocycles. The van der Waals surface area contributed by atoms with Gasteiger partial charge in [0.15, 0.2) is 0 Å². The maximum atomic E-state index is 6.01. The molecule has 0 atom stereocenters. The van der Waals surface area contributed by atoms with Crippen LogP contribution < -0.4 is 0 Å². The van der Waals surface area contributed by atoms with Gasteiger partial charge in [0.2, 0.25) is 0 Å². The van der Waals surface area contributed by atoms with E-state index < -0.39 is 8.88 Å². The van der Waals surface area contributed by atoms with Gasteiger partial charge in [0.05, 0.1) is 0 Å². The number of hydrogen-bond acceptors (Lipinski definition) is 4. The minimum Gasteiger partial charge on any atom is -0.374 e. The average Bonchev–Trinajstić information content (AvgIpc) is 2.26. The summed E-state index contributed by atoms with van der Waals surface area (Å²) in [6, 6.07) is 0. The van der Waals surface area contributed by atoms with E-state index in [1.165, 1.54) is 6.42 Å². The highest BCUT2D eigenvalue weighted by molar-refractivity contribution is 6.61. The summed E-state index contributed by atoms with van der Waals surface area (Å²) >= 11 is 0. The van der Waals surface area contributed by atoms with Crippen molar-refractivity contribution in [2.24, 2.45) is 10.8 Å². The summed E-state index contributed by atoms with van der Waals surface area (Å²) in [5.41, 5.74) is 0.500. The van der Waals surface area contributed by atoms with Gasteiger partial charge in [-0.1, -0.05) is 41.5 Å². The van der Waals surface area contributed by atoms with E-state index in [0.717, 1.165) is 26.2 Å². The predicted molar refractivity (Wildman–Crippen MR) is 86.4 cm³/mol. The molecule has 0 unspecified atom stereocenters. The molecule has 0 amide bonds. The molecule has 0 aliphatic carbocycles. The lowest BCUT2D eigenvalue weighted by Crippen LogP contribution is -2.73. The lowest BCUT2D eigenvalue weighted by molar-refractivity contribution is 0.0441. The SMILES string of the molecule is CO[Si]1(OC)N(CC(C)(C)C)CCCN1CC(C)(C)C. The van der Waals surface area contributed by atoms with E-state index in [9.17, 15) is 0 Å². The van der Waals surface area contributed by atoms with E-state index in [0.29, 0.717) is 0 Å². The Morgan fingerprint density at radius 2 is 1.15 bits per heavy atom. The molecule has 1 heterocycles. The molecule has 0 bridgehead atoms. The third kappa shape index (κ3) is 4.53. The lowest BCUT2D eigenvalue weighted by atomic mass is 9.96. The van der Waals surface area contributed by atoms with Crippen LogP contribution in [0.2, 0.25) is 0 Å². The highest BCUT2D eigenvalue weighted by Crippen LogP contribution is 2.30. The predicted octanol–water partition coefficient (Wildman–Crippen LogP) is 2.81. The molecule has 0 saturated carbocycles. The van der Waals surface area contributed by atoms with Gasteiger partial charge >= 0.3 is 8.88 Å². The van der Waals surface area contributed by atoms with Crippen LogP contribution in [0.15, 0.2) is 0 Å². The van der Waals surface area contributed by atoms with Gasteiger partial charge in [0.1, 0.15) is 0 Å². The highest BCUT2D eigenvalue weighted by Gasteiger charge is 2.53. The van der Waals surface area contributed by atoms with Crippen molar-refractivity contribution in [1.29, 1.82) is 0 Å². The zero-order valence-corrected chi connectivity index (χ0v) is 15.7. The van der Waals surface area contributed by atoms with Crippen LogP contribution in [-0.4, -0.2) is 58.4 Å². The van der Waals surface area contributed by atoms with Crippen LogP contribution in [-0.2, 0) is 8.85 Å². The zero-order valence-electron chi connectivity index (χ0n) is 14.7. The molecule has 20 heavy (non-hydrogen) atoms. The summed E-state index contributed by atoms with van der Waals surface area (Å²) in [4.78, 5) is 0. The van der Waals surface area contributed by atoms with E-state index in [4.69, 9.17) is 8.85 Å². The van der Waals surface area contributed by atoms with Gasteiger partial charge in [0.25, 0.3) is 0 Å². The molecule has 4 nitrogen and oxygen atoms in total. The molecule has 0 radical (unpaired) electrons. The third-order valence-corrected chi connectivity index (χ3v) is 6.94. The standard InChI is InChI=1S/C15H34N2O2Si/c1-14(2,3)12-16-10-9-11-17(13-15(4,5)6)20(16,18-7)19-8/h9-13H2,1-8H3. The molecule has 0 spiro atoms. The second kappa shape index (κ2) is 6.44. The second-order valence-electron chi connectivity index (χ2n) is 8.27. The van der Waals surface area contributed by atoms with Crippen molar-refractivity contribution in [2.45, 2.75) is 48.0 Å². The van der Waals surface area contributed by atoms with Crippen LogP contribution >= 0.6 is 0 Å². The Bertz CT molecular complexity index is 280. The van der Waals surface area contributed by atoms with E-state index in [-0.39, 0.29) is 10.8 Å². The van der Waals surface area contributed by atoms with Crippen molar-refractivity contribution in [3.63, 3.8) is 0 Å². The molecule has 1 rings (SSSR count). The Morgan fingerprint density at radius 3 is 1.40 bits per heavy atom. The summed E-state index contributed by atoms with van der Waals surface area (Å²) in [6.45, 7) is 17.8. The highest BCUT2D eigenvalue weighted by atomic mass is 28.4. The molecular weight excluding hydrogens is 268 g/mol. The summed E-state index contributed by atoms with van der Waals surface area (Å²) in [5.74, 6) is 0. The van der Waals surface area contributed by atoms with E-state index in [2.05, 4.69) is 50.7 Å². The lowest BCUT2D eigenvalue weighted by Gasteiger charge is -2.50. The third-order valence-electron chi connectivity index (χ3n) is 3.52.